The third-order valence-electron chi connectivity index (χ3n) is 5.06. The number of aromatic amines is 1. The summed E-state index contributed by atoms with van der Waals surface area (Å²) in [6, 6.07) is 17.0. The first-order chi connectivity index (χ1) is 12.9. The predicted octanol–water partition coefficient (Wildman–Crippen LogP) is 5.28. The summed E-state index contributed by atoms with van der Waals surface area (Å²) in [5, 5.41) is 0. The first kappa shape index (κ1) is 16.1. The van der Waals surface area contributed by atoms with Crippen LogP contribution < -0.4 is 5.73 Å². The molecule has 6 heteroatoms. The molecule has 0 amide bonds. The van der Waals surface area contributed by atoms with Gasteiger partial charge < -0.3 is 10.7 Å². The Morgan fingerprint density at radius 1 is 0.889 bits per heavy atom. The van der Waals surface area contributed by atoms with Crippen LogP contribution in [0.2, 0.25) is 0 Å². The van der Waals surface area contributed by atoms with Gasteiger partial charge in [-0.05, 0) is 40.5 Å². The molecule has 1 aromatic heterocycles. The third kappa shape index (κ3) is 2.37. The minimum absolute atomic E-state index is 0.225. The summed E-state index contributed by atoms with van der Waals surface area (Å²) in [5.74, 6) is 0.532. The first-order valence-electron chi connectivity index (χ1n) is 8.48. The van der Waals surface area contributed by atoms with E-state index >= 15 is 0 Å². The Bertz CT molecular complexity index is 1190. The molecular weight excluding hydrogens is 351 g/mol. The molecule has 134 valence electrons. The van der Waals surface area contributed by atoms with Crippen molar-refractivity contribution in [1.82, 2.24) is 9.97 Å². The van der Waals surface area contributed by atoms with Crippen molar-refractivity contribution < 1.29 is 13.2 Å². The average molecular weight is 365 g/mol. The monoisotopic (exact) mass is 365 g/mol. The van der Waals surface area contributed by atoms with E-state index in [2.05, 4.69) is 9.97 Å². The van der Waals surface area contributed by atoms with Crippen molar-refractivity contribution in [3.8, 4) is 22.5 Å². The number of hydrogen-bond donors (Lipinski definition) is 2. The summed E-state index contributed by atoms with van der Waals surface area (Å²) in [6.07, 6.45) is -4.39. The predicted molar refractivity (Wildman–Crippen MR) is 98.0 cm³/mol. The highest BCUT2D eigenvalue weighted by molar-refractivity contribution is 5.91. The van der Waals surface area contributed by atoms with Gasteiger partial charge in [0.05, 0.1) is 22.6 Å². The van der Waals surface area contributed by atoms with Crippen LogP contribution in [-0.4, -0.2) is 9.97 Å². The van der Waals surface area contributed by atoms with E-state index in [1.165, 1.54) is 6.07 Å². The zero-order valence-corrected chi connectivity index (χ0v) is 14.0. The van der Waals surface area contributed by atoms with Crippen LogP contribution in [0, 0.1) is 0 Å². The number of fused-ring (bicyclic) bond motifs is 4. The summed E-state index contributed by atoms with van der Waals surface area (Å²) >= 11 is 0. The van der Waals surface area contributed by atoms with Crippen LogP contribution >= 0.6 is 0 Å². The van der Waals surface area contributed by atoms with Crippen molar-refractivity contribution >= 4 is 11.0 Å². The summed E-state index contributed by atoms with van der Waals surface area (Å²) in [5.41, 5.74) is 11.4. The molecule has 3 N–H and O–H groups in total. The number of nitrogens with two attached hydrogens (primary N) is 1. The largest absolute Gasteiger partial charge is 0.416 e. The van der Waals surface area contributed by atoms with Gasteiger partial charge in [0.2, 0.25) is 0 Å². The number of rotatable bonds is 1. The molecule has 0 spiro atoms. The second kappa shape index (κ2) is 5.44. The summed E-state index contributed by atoms with van der Waals surface area (Å²) in [7, 11) is 0. The average Bonchev–Trinajstić information content (AvgIpc) is 3.21. The maximum Gasteiger partial charge on any atom is 0.416 e. The molecular formula is C21H14F3N3. The third-order valence-corrected chi connectivity index (χ3v) is 5.06. The number of benzene rings is 3. The van der Waals surface area contributed by atoms with Gasteiger partial charge in [-0.2, -0.15) is 13.2 Å². The van der Waals surface area contributed by atoms with Crippen molar-refractivity contribution in [2.45, 2.75) is 12.2 Å². The number of hydrogen-bond acceptors (Lipinski definition) is 2. The Morgan fingerprint density at radius 2 is 1.63 bits per heavy atom. The molecule has 1 heterocycles. The number of imidazole rings is 1. The van der Waals surface area contributed by atoms with Crippen molar-refractivity contribution in [2.75, 3.05) is 0 Å². The lowest BCUT2D eigenvalue weighted by Gasteiger charge is -2.08. The van der Waals surface area contributed by atoms with Gasteiger partial charge in [-0.3, -0.25) is 0 Å². The van der Waals surface area contributed by atoms with Gasteiger partial charge in [-0.1, -0.05) is 42.5 Å². The Hall–Kier alpha value is -3.12. The molecule has 0 bridgehead atoms. The molecule has 1 aliphatic rings. The number of alkyl halides is 3. The minimum Gasteiger partial charge on any atom is -0.338 e. The normalized spacial score (nSPS) is 15.8. The topological polar surface area (TPSA) is 54.7 Å². The van der Waals surface area contributed by atoms with Gasteiger partial charge in [-0.25, -0.2) is 4.98 Å². The van der Waals surface area contributed by atoms with Crippen molar-refractivity contribution in [1.29, 1.82) is 0 Å². The molecule has 1 aliphatic carbocycles. The van der Waals surface area contributed by atoms with Crippen LogP contribution in [0.1, 0.15) is 22.7 Å². The number of halogens is 3. The molecule has 0 saturated heterocycles. The Morgan fingerprint density at radius 3 is 2.44 bits per heavy atom. The fourth-order valence-corrected chi connectivity index (χ4v) is 3.80. The van der Waals surface area contributed by atoms with Crippen molar-refractivity contribution in [3.63, 3.8) is 0 Å². The lowest BCUT2D eigenvalue weighted by molar-refractivity contribution is -0.137. The van der Waals surface area contributed by atoms with E-state index in [4.69, 9.17) is 5.73 Å². The van der Waals surface area contributed by atoms with Crippen molar-refractivity contribution in [2.24, 2.45) is 5.73 Å². The van der Waals surface area contributed by atoms with Crippen LogP contribution in [0.5, 0.6) is 0 Å². The van der Waals surface area contributed by atoms with E-state index in [-0.39, 0.29) is 6.04 Å². The summed E-state index contributed by atoms with van der Waals surface area (Å²) in [6.45, 7) is 0. The Kier molecular flexibility index (Phi) is 3.24. The maximum atomic E-state index is 13.0. The van der Waals surface area contributed by atoms with Gasteiger partial charge >= 0.3 is 6.18 Å². The SMILES string of the molecule is NC1c2ccccc2-c2c(-c3nc4ccc(C(F)(F)F)cc4[nH]3)cccc21. The van der Waals surface area contributed by atoms with E-state index in [0.29, 0.717) is 16.9 Å². The number of nitrogens with zero attached hydrogens (tertiary/aromatic N) is 1. The molecule has 0 radical (unpaired) electrons. The highest BCUT2D eigenvalue weighted by Crippen LogP contribution is 2.46. The van der Waals surface area contributed by atoms with Crippen molar-refractivity contribution in [3.05, 3.63) is 77.4 Å². The molecule has 1 atom stereocenters. The number of H-pyrrole nitrogens is 1. The lowest BCUT2D eigenvalue weighted by atomic mass is 9.99. The molecule has 4 aromatic rings. The van der Waals surface area contributed by atoms with E-state index < -0.39 is 11.7 Å². The Balaban J connectivity index is 1.72. The molecule has 3 aromatic carbocycles. The smallest absolute Gasteiger partial charge is 0.338 e. The van der Waals surface area contributed by atoms with E-state index in [1.807, 2.05) is 42.5 Å². The molecule has 1 unspecified atom stereocenters. The van der Waals surface area contributed by atoms with Gasteiger partial charge in [-0.15, -0.1) is 0 Å². The molecule has 0 aliphatic heterocycles. The van der Waals surface area contributed by atoms with Crippen LogP contribution in [0.15, 0.2) is 60.7 Å². The number of nitrogens with one attached hydrogen (secondary N) is 1. The van der Waals surface area contributed by atoms with Crippen LogP contribution in [0.4, 0.5) is 13.2 Å². The zero-order valence-electron chi connectivity index (χ0n) is 14.0. The second-order valence-electron chi connectivity index (χ2n) is 6.65. The van der Waals surface area contributed by atoms with E-state index in [9.17, 15) is 13.2 Å². The van der Waals surface area contributed by atoms with Gasteiger partial charge in [0, 0.05) is 5.56 Å². The highest BCUT2D eigenvalue weighted by Gasteiger charge is 2.31. The molecule has 3 nitrogen and oxygen atoms in total. The fraction of sp³-hybridized carbons (Fsp3) is 0.0952. The second-order valence-corrected chi connectivity index (χ2v) is 6.65. The van der Waals surface area contributed by atoms with E-state index in [1.54, 1.807) is 0 Å². The highest BCUT2D eigenvalue weighted by atomic mass is 19.4. The molecule has 27 heavy (non-hydrogen) atoms. The van der Waals surface area contributed by atoms with Crippen LogP contribution in [-0.2, 0) is 6.18 Å². The first-order valence-corrected chi connectivity index (χ1v) is 8.48. The van der Waals surface area contributed by atoms with Gasteiger partial charge in [0.1, 0.15) is 5.82 Å². The van der Waals surface area contributed by atoms with Gasteiger partial charge in [0.25, 0.3) is 0 Å². The maximum absolute atomic E-state index is 13.0. The molecule has 5 rings (SSSR count). The van der Waals surface area contributed by atoms with Crippen LogP contribution in [0.3, 0.4) is 0 Å². The summed E-state index contributed by atoms with van der Waals surface area (Å²) < 4.78 is 39.0. The van der Waals surface area contributed by atoms with Crippen LogP contribution in [0.25, 0.3) is 33.5 Å². The standard InChI is InChI=1S/C21H14F3N3/c22-21(23,24)11-8-9-16-17(10-11)27-20(26-16)15-7-3-6-14-18(15)12-4-1-2-5-13(12)19(14)25/h1-10,19H,25H2,(H,26,27). The van der Waals surface area contributed by atoms with Gasteiger partial charge in [0.15, 0.2) is 0 Å². The van der Waals surface area contributed by atoms with E-state index in [0.717, 1.165) is 39.9 Å². The quantitative estimate of drug-likeness (QED) is 0.482. The number of aromatic nitrogens is 2. The molecule has 0 fully saturated rings. The fourth-order valence-electron chi connectivity index (χ4n) is 3.80. The molecule has 0 saturated carbocycles. The summed E-state index contributed by atoms with van der Waals surface area (Å²) in [4.78, 5) is 7.57. The lowest BCUT2D eigenvalue weighted by Crippen LogP contribution is -2.07. The Labute approximate surface area is 152 Å². The zero-order chi connectivity index (χ0) is 18.8. The minimum atomic E-state index is -4.39.